The molecular weight excluding hydrogens is 344 g/mol. The van der Waals surface area contributed by atoms with Crippen LogP contribution in [0.5, 0.6) is 0 Å². The van der Waals surface area contributed by atoms with Crippen molar-refractivity contribution in [2.24, 2.45) is 22.7 Å². The normalized spacial score (nSPS) is 27.2. The van der Waals surface area contributed by atoms with E-state index in [-0.39, 0.29) is 41.2 Å². The van der Waals surface area contributed by atoms with Crippen LogP contribution >= 0.6 is 0 Å². The fourth-order valence-electron chi connectivity index (χ4n) is 4.83. The SMILES string of the molecule is C=C1CCCC(C)(C)C1/C=C/C(=O)CCC(=O)/C=C/C1C(C)=CCCC1(C)C. The van der Waals surface area contributed by atoms with Crippen LogP contribution < -0.4 is 0 Å². The summed E-state index contributed by atoms with van der Waals surface area (Å²) in [6, 6.07) is 0. The molecule has 0 radical (unpaired) electrons. The molecule has 0 aromatic rings. The van der Waals surface area contributed by atoms with E-state index in [0.717, 1.165) is 25.7 Å². The zero-order valence-electron chi connectivity index (χ0n) is 18.5. The van der Waals surface area contributed by atoms with Gasteiger partial charge in [0.2, 0.25) is 0 Å². The average Bonchev–Trinajstić information content (AvgIpc) is 2.58. The number of allylic oxidation sites excluding steroid dienone is 7. The average molecular weight is 383 g/mol. The van der Waals surface area contributed by atoms with Crippen LogP contribution in [0.2, 0.25) is 0 Å². The molecule has 1 saturated carbocycles. The highest BCUT2D eigenvalue weighted by Crippen LogP contribution is 2.44. The van der Waals surface area contributed by atoms with Crippen LogP contribution in [0.15, 0.2) is 48.1 Å². The first-order chi connectivity index (χ1) is 13.0. The molecule has 0 N–H and O–H groups in total. The van der Waals surface area contributed by atoms with Crippen LogP contribution in [-0.2, 0) is 9.59 Å². The van der Waals surface area contributed by atoms with E-state index in [4.69, 9.17) is 0 Å². The third-order valence-electron chi connectivity index (χ3n) is 6.76. The molecule has 28 heavy (non-hydrogen) atoms. The van der Waals surface area contributed by atoms with Gasteiger partial charge in [0.15, 0.2) is 11.6 Å². The molecular formula is C26H38O2. The monoisotopic (exact) mass is 382 g/mol. The van der Waals surface area contributed by atoms with E-state index in [1.807, 2.05) is 12.2 Å². The highest BCUT2D eigenvalue weighted by Gasteiger charge is 2.33. The summed E-state index contributed by atoms with van der Waals surface area (Å²) in [6.45, 7) is 15.4. The van der Waals surface area contributed by atoms with Crippen LogP contribution in [0.4, 0.5) is 0 Å². The van der Waals surface area contributed by atoms with Crippen molar-refractivity contribution in [3.8, 4) is 0 Å². The molecule has 0 aliphatic heterocycles. The van der Waals surface area contributed by atoms with E-state index in [0.29, 0.717) is 5.92 Å². The summed E-state index contributed by atoms with van der Waals surface area (Å²) in [5.41, 5.74) is 2.90. The van der Waals surface area contributed by atoms with Crippen LogP contribution in [0.25, 0.3) is 0 Å². The summed E-state index contributed by atoms with van der Waals surface area (Å²) < 4.78 is 0. The summed E-state index contributed by atoms with van der Waals surface area (Å²) in [4.78, 5) is 24.5. The zero-order chi connectivity index (χ0) is 20.9. The molecule has 2 rings (SSSR count). The molecule has 0 saturated heterocycles. The van der Waals surface area contributed by atoms with Gasteiger partial charge in [0.05, 0.1) is 0 Å². The van der Waals surface area contributed by atoms with Crippen molar-refractivity contribution in [3.05, 3.63) is 48.1 Å². The van der Waals surface area contributed by atoms with Gasteiger partial charge in [0.25, 0.3) is 0 Å². The maximum absolute atomic E-state index is 12.3. The maximum Gasteiger partial charge on any atom is 0.155 e. The molecule has 1 fully saturated rings. The van der Waals surface area contributed by atoms with Gasteiger partial charge >= 0.3 is 0 Å². The van der Waals surface area contributed by atoms with E-state index in [1.54, 1.807) is 12.2 Å². The summed E-state index contributed by atoms with van der Waals surface area (Å²) in [6.07, 6.45) is 15.9. The van der Waals surface area contributed by atoms with Gasteiger partial charge in [0, 0.05) is 24.7 Å². The first-order valence-electron chi connectivity index (χ1n) is 10.8. The predicted octanol–water partition coefficient (Wildman–Crippen LogP) is 6.78. The predicted molar refractivity (Wildman–Crippen MR) is 118 cm³/mol. The summed E-state index contributed by atoms with van der Waals surface area (Å²) >= 11 is 0. The fraction of sp³-hybridized carbons (Fsp3) is 0.615. The lowest BCUT2D eigenvalue weighted by atomic mass is 9.66. The topological polar surface area (TPSA) is 34.1 Å². The Labute approximate surface area is 171 Å². The van der Waals surface area contributed by atoms with Crippen molar-refractivity contribution >= 4 is 11.6 Å². The minimum Gasteiger partial charge on any atom is -0.295 e. The standard InChI is InChI=1S/C26H38O2/c1-19-9-7-17-25(3,4)23(19)15-13-21(27)11-12-22(28)14-16-24-20(2)10-8-18-26(24,5)6/h10,13-16,23-24H,1,7-9,11-12,17-18H2,2-6H3/b15-13+,16-14+. The van der Waals surface area contributed by atoms with Crippen molar-refractivity contribution in [2.75, 3.05) is 0 Å². The molecule has 2 nitrogen and oxygen atoms in total. The van der Waals surface area contributed by atoms with Gasteiger partial charge in [0.1, 0.15) is 0 Å². The third-order valence-corrected chi connectivity index (χ3v) is 6.76. The van der Waals surface area contributed by atoms with Crippen LogP contribution in [0.3, 0.4) is 0 Å². The molecule has 0 amide bonds. The zero-order valence-corrected chi connectivity index (χ0v) is 18.5. The van der Waals surface area contributed by atoms with Gasteiger partial charge in [-0.1, -0.05) is 63.6 Å². The number of carbonyl (C=O) groups is 2. The molecule has 2 aliphatic carbocycles. The third kappa shape index (κ3) is 5.90. The van der Waals surface area contributed by atoms with Crippen molar-refractivity contribution in [1.29, 1.82) is 0 Å². The molecule has 0 heterocycles. The minimum atomic E-state index is 0.0324. The van der Waals surface area contributed by atoms with E-state index >= 15 is 0 Å². The number of carbonyl (C=O) groups excluding carboxylic acids is 2. The lowest BCUT2D eigenvalue weighted by Crippen LogP contribution is -2.28. The van der Waals surface area contributed by atoms with Gasteiger partial charge in [-0.05, 0) is 62.0 Å². The Morgan fingerprint density at radius 1 is 1.00 bits per heavy atom. The Bertz CT molecular complexity index is 700. The smallest absolute Gasteiger partial charge is 0.155 e. The molecule has 0 bridgehead atoms. The molecule has 2 aliphatic rings. The van der Waals surface area contributed by atoms with E-state index in [9.17, 15) is 9.59 Å². The summed E-state index contributed by atoms with van der Waals surface area (Å²) in [5.74, 6) is 0.632. The second-order valence-electron chi connectivity index (χ2n) is 10.1. The molecule has 2 heteroatoms. The molecule has 0 spiro atoms. The highest BCUT2D eigenvalue weighted by molar-refractivity contribution is 5.96. The Kier molecular flexibility index (Phi) is 7.42. The lowest BCUT2D eigenvalue weighted by Gasteiger charge is -2.38. The quantitative estimate of drug-likeness (QED) is 0.359. The Morgan fingerprint density at radius 3 is 2.07 bits per heavy atom. The number of rotatable bonds is 7. The van der Waals surface area contributed by atoms with Crippen LogP contribution in [0.1, 0.15) is 79.6 Å². The minimum absolute atomic E-state index is 0.0324. The molecule has 2 atom stereocenters. The van der Waals surface area contributed by atoms with Crippen LogP contribution in [0, 0.1) is 22.7 Å². The lowest BCUT2D eigenvalue weighted by molar-refractivity contribution is -0.119. The maximum atomic E-state index is 12.3. The van der Waals surface area contributed by atoms with E-state index < -0.39 is 0 Å². The summed E-state index contributed by atoms with van der Waals surface area (Å²) in [5, 5.41) is 0. The van der Waals surface area contributed by atoms with Gasteiger partial charge < -0.3 is 0 Å². The summed E-state index contributed by atoms with van der Waals surface area (Å²) in [7, 11) is 0. The van der Waals surface area contributed by atoms with Crippen molar-refractivity contribution in [3.63, 3.8) is 0 Å². The second kappa shape index (κ2) is 9.20. The number of hydrogen-bond donors (Lipinski definition) is 0. The van der Waals surface area contributed by atoms with Gasteiger partial charge in [-0.2, -0.15) is 0 Å². The highest BCUT2D eigenvalue weighted by atomic mass is 16.1. The second-order valence-corrected chi connectivity index (χ2v) is 10.1. The van der Waals surface area contributed by atoms with Gasteiger partial charge in [-0.3, -0.25) is 9.59 Å². The van der Waals surface area contributed by atoms with E-state index in [2.05, 4.69) is 47.3 Å². The Morgan fingerprint density at radius 2 is 1.54 bits per heavy atom. The first kappa shape index (κ1) is 22.6. The number of hydrogen-bond acceptors (Lipinski definition) is 2. The van der Waals surface area contributed by atoms with Crippen LogP contribution in [-0.4, -0.2) is 11.6 Å². The van der Waals surface area contributed by atoms with Gasteiger partial charge in [-0.15, -0.1) is 0 Å². The largest absolute Gasteiger partial charge is 0.295 e. The van der Waals surface area contributed by atoms with Crippen molar-refractivity contribution in [2.45, 2.75) is 79.6 Å². The Hall–Kier alpha value is -1.70. The fourth-order valence-corrected chi connectivity index (χ4v) is 4.83. The molecule has 2 unspecified atom stereocenters. The Balaban J connectivity index is 1.87. The number of ketones is 2. The first-order valence-corrected chi connectivity index (χ1v) is 10.8. The van der Waals surface area contributed by atoms with Crippen molar-refractivity contribution < 1.29 is 9.59 Å². The van der Waals surface area contributed by atoms with Gasteiger partial charge in [-0.25, -0.2) is 0 Å². The van der Waals surface area contributed by atoms with E-state index in [1.165, 1.54) is 17.6 Å². The molecule has 0 aromatic carbocycles. The van der Waals surface area contributed by atoms with Crippen molar-refractivity contribution in [1.82, 2.24) is 0 Å². The molecule has 154 valence electrons. The molecule has 0 aromatic heterocycles.